The molecule has 0 saturated carbocycles. The molecule has 0 amide bonds. The van der Waals surface area contributed by atoms with E-state index in [4.69, 9.17) is 15.8 Å². The van der Waals surface area contributed by atoms with Gasteiger partial charge < -0.3 is 0 Å². The van der Waals surface area contributed by atoms with Crippen LogP contribution in [-0.4, -0.2) is 0 Å². The molecule has 0 atom stereocenters. The molecule has 0 aromatic heterocycles. The first-order chi connectivity index (χ1) is 6.81. The van der Waals surface area contributed by atoms with Crippen LogP contribution in [0.1, 0.15) is 23.1 Å². The van der Waals surface area contributed by atoms with Gasteiger partial charge in [0, 0.05) is 6.42 Å². The molecule has 0 saturated heterocycles. The molecular weight excluding hydrogens is 174 g/mol. The summed E-state index contributed by atoms with van der Waals surface area (Å²) in [6, 6.07) is 11.0. The summed E-state index contributed by atoms with van der Waals surface area (Å²) in [6.07, 6.45) is 1.05. The molecule has 3 nitrogen and oxygen atoms in total. The maximum atomic E-state index is 8.73. The highest BCUT2D eigenvalue weighted by atomic mass is 14.3. The van der Waals surface area contributed by atoms with Gasteiger partial charge in [0.25, 0.3) is 0 Å². The molecule has 3 heteroatoms. The lowest BCUT2D eigenvalue weighted by Crippen LogP contribution is -1.89. The molecule has 0 unspecified atom stereocenters. The summed E-state index contributed by atoms with van der Waals surface area (Å²) in [4.78, 5) is 0. The van der Waals surface area contributed by atoms with Crippen molar-refractivity contribution in [2.75, 3.05) is 0 Å². The first-order valence-electron chi connectivity index (χ1n) is 4.12. The second-order valence-electron chi connectivity index (χ2n) is 2.76. The van der Waals surface area contributed by atoms with E-state index in [1.807, 2.05) is 18.2 Å². The van der Waals surface area contributed by atoms with Crippen molar-refractivity contribution >= 4 is 0 Å². The molecule has 0 bridgehead atoms. The van der Waals surface area contributed by atoms with Crippen LogP contribution in [0.2, 0.25) is 0 Å². The molecular formula is C11H7N3. The molecule has 0 fully saturated rings. The largest absolute Gasteiger partial charge is 0.198 e. The molecule has 0 aliphatic rings. The summed E-state index contributed by atoms with van der Waals surface area (Å²) in [5.74, 6) is 0. The fraction of sp³-hybridized carbons (Fsp3) is 0.182. The van der Waals surface area contributed by atoms with Gasteiger partial charge in [-0.05, 0) is 24.1 Å². The van der Waals surface area contributed by atoms with Crippen molar-refractivity contribution in [1.82, 2.24) is 0 Å². The number of benzene rings is 1. The van der Waals surface area contributed by atoms with Gasteiger partial charge in [-0.25, -0.2) is 0 Å². The van der Waals surface area contributed by atoms with Crippen LogP contribution < -0.4 is 0 Å². The average Bonchev–Trinajstić information content (AvgIpc) is 2.25. The van der Waals surface area contributed by atoms with Gasteiger partial charge in [0.05, 0.1) is 17.2 Å². The lowest BCUT2D eigenvalue weighted by molar-refractivity contribution is 1.01. The van der Waals surface area contributed by atoms with Gasteiger partial charge in [-0.1, -0.05) is 6.07 Å². The molecule has 14 heavy (non-hydrogen) atoms. The highest BCUT2D eigenvalue weighted by molar-refractivity contribution is 5.47. The summed E-state index contributed by atoms with van der Waals surface area (Å²) in [7, 11) is 0. The summed E-state index contributed by atoms with van der Waals surface area (Å²) in [5, 5.41) is 25.8. The first kappa shape index (κ1) is 9.78. The summed E-state index contributed by atoms with van der Waals surface area (Å²) in [6.45, 7) is 0. The van der Waals surface area contributed by atoms with E-state index in [1.165, 1.54) is 0 Å². The minimum Gasteiger partial charge on any atom is -0.198 e. The van der Waals surface area contributed by atoms with Crippen molar-refractivity contribution in [3.63, 3.8) is 0 Å². The zero-order valence-electron chi connectivity index (χ0n) is 7.49. The third kappa shape index (κ3) is 2.09. The van der Waals surface area contributed by atoms with Gasteiger partial charge in [-0.15, -0.1) is 0 Å². The van der Waals surface area contributed by atoms with E-state index >= 15 is 0 Å². The lowest BCUT2D eigenvalue weighted by atomic mass is 10.0. The number of hydrogen-bond donors (Lipinski definition) is 0. The van der Waals surface area contributed by atoms with Crippen molar-refractivity contribution < 1.29 is 0 Å². The Labute approximate surface area is 82.4 Å². The average molecular weight is 181 g/mol. The van der Waals surface area contributed by atoms with Crippen LogP contribution in [0, 0.1) is 34.0 Å². The van der Waals surface area contributed by atoms with E-state index in [9.17, 15) is 0 Å². The predicted molar refractivity (Wildman–Crippen MR) is 49.8 cm³/mol. The maximum Gasteiger partial charge on any atom is 0.101 e. The Bertz CT molecular complexity index is 455. The van der Waals surface area contributed by atoms with Gasteiger partial charge in [-0.2, -0.15) is 15.8 Å². The lowest BCUT2D eigenvalue weighted by Gasteiger charge is -1.98. The second kappa shape index (κ2) is 4.65. The Kier molecular flexibility index (Phi) is 3.25. The minimum absolute atomic E-state index is 0.378. The molecule has 0 aliphatic heterocycles. The zero-order chi connectivity index (χ0) is 10.4. The quantitative estimate of drug-likeness (QED) is 0.699. The maximum absolute atomic E-state index is 8.73. The normalized spacial score (nSPS) is 8.36. The molecule has 66 valence electrons. The van der Waals surface area contributed by atoms with Crippen LogP contribution in [0.3, 0.4) is 0 Å². The number of nitriles is 3. The zero-order valence-corrected chi connectivity index (χ0v) is 7.49. The minimum atomic E-state index is 0.378. The van der Waals surface area contributed by atoms with Crippen molar-refractivity contribution in [2.24, 2.45) is 0 Å². The number of hydrogen-bond acceptors (Lipinski definition) is 3. The Morgan fingerprint density at radius 3 is 2.29 bits per heavy atom. The number of nitrogens with zero attached hydrogens (tertiary/aromatic N) is 3. The van der Waals surface area contributed by atoms with Gasteiger partial charge >= 0.3 is 0 Å². The fourth-order valence-corrected chi connectivity index (χ4v) is 1.14. The van der Waals surface area contributed by atoms with E-state index < -0.39 is 0 Å². The van der Waals surface area contributed by atoms with Crippen molar-refractivity contribution in [3.8, 4) is 18.2 Å². The molecule has 0 heterocycles. The topological polar surface area (TPSA) is 71.4 Å². The highest BCUT2D eigenvalue weighted by Crippen LogP contribution is 2.11. The second-order valence-corrected chi connectivity index (χ2v) is 2.76. The highest BCUT2D eigenvalue weighted by Gasteiger charge is 2.02. The molecule has 0 radical (unpaired) electrons. The fourth-order valence-electron chi connectivity index (χ4n) is 1.14. The van der Waals surface area contributed by atoms with Crippen molar-refractivity contribution in [3.05, 3.63) is 34.9 Å². The van der Waals surface area contributed by atoms with Gasteiger partial charge in [0.2, 0.25) is 0 Å². The van der Waals surface area contributed by atoms with E-state index in [2.05, 4.69) is 0 Å². The molecule has 0 spiro atoms. The number of rotatable bonds is 2. The van der Waals surface area contributed by atoms with E-state index in [-0.39, 0.29) is 0 Å². The van der Waals surface area contributed by atoms with Crippen molar-refractivity contribution in [1.29, 1.82) is 15.8 Å². The number of aryl methyl sites for hydroxylation is 1. The molecule has 1 aromatic carbocycles. The van der Waals surface area contributed by atoms with Gasteiger partial charge in [-0.3, -0.25) is 0 Å². The summed E-state index contributed by atoms with van der Waals surface area (Å²) in [5.41, 5.74) is 1.68. The van der Waals surface area contributed by atoms with Crippen LogP contribution in [0.4, 0.5) is 0 Å². The van der Waals surface area contributed by atoms with Crippen molar-refractivity contribution in [2.45, 2.75) is 12.8 Å². The van der Waals surface area contributed by atoms with Crippen LogP contribution in [0.15, 0.2) is 18.2 Å². The third-order valence-electron chi connectivity index (χ3n) is 1.85. The van der Waals surface area contributed by atoms with Gasteiger partial charge in [0.15, 0.2) is 0 Å². The molecule has 0 aliphatic carbocycles. The van der Waals surface area contributed by atoms with E-state index in [0.717, 1.165) is 5.56 Å². The third-order valence-corrected chi connectivity index (χ3v) is 1.85. The Balaban J connectivity index is 3.00. The Morgan fingerprint density at radius 1 is 1.00 bits per heavy atom. The standard InChI is InChI=1S/C11H7N3/c12-5-1-2-9-3-4-10(7-13)11(6-9)8-14/h3-4,6H,1-2H2. The molecule has 0 N–H and O–H groups in total. The summed E-state index contributed by atoms with van der Waals surface area (Å²) >= 11 is 0. The Morgan fingerprint density at radius 2 is 1.71 bits per heavy atom. The first-order valence-corrected chi connectivity index (χ1v) is 4.12. The monoisotopic (exact) mass is 181 g/mol. The SMILES string of the molecule is N#CCCc1ccc(C#N)c(C#N)c1. The smallest absolute Gasteiger partial charge is 0.101 e. The molecule has 1 aromatic rings. The molecule has 1 rings (SSSR count). The van der Waals surface area contributed by atoms with Crippen LogP contribution in [0.5, 0.6) is 0 Å². The van der Waals surface area contributed by atoms with Crippen LogP contribution in [-0.2, 0) is 6.42 Å². The van der Waals surface area contributed by atoms with E-state index in [1.54, 1.807) is 18.2 Å². The van der Waals surface area contributed by atoms with Crippen LogP contribution >= 0.6 is 0 Å². The van der Waals surface area contributed by atoms with E-state index in [0.29, 0.717) is 24.0 Å². The Hall–Kier alpha value is -2.31. The predicted octanol–water partition coefficient (Wildman–Crippen LogP) is 1.89. The van der Waals surface area contributed by atoms with Gasteiger partial charge in [0.1, 0.15) is 12.1 Å². The summed E-state index contributed by atoms with van der Waals surface area (Å²) < 4.78 is 0. The van der Waals surface area contributed by atoms with Crippen LogP contribution in [0.25, 0.3) is 0 Å².